The topological polar surface area (TPSA) is 322 Å². The van der Waals surface area contributed by atoms with Crippen LogP contribution in [0.3, 0.4) is 0 Å². The molecule has 19 nitrogen and oxygen atoms in total. The number of aliphatic imine (C=N–C) groups is 1. The number of carbonyl (C=O) groups excluding carboxylic acids is 5. The van der Waals surface area contributed by atoms with Crippen molar-refractivity contribution in [3.05, 3.63) is 0 Å². The molecule has 0 aromatic heterocycles. The Labute approximate surface area is 297 Å². The van der Waals surface area contributed by atoms with E-state index in [0.717, 1.165) is 0 Å². The Kier molecular flexibility index (Phi) is 18.9. The van der Waals surface area contributed by atoms with E-state index in [1.165, 1.54) is 11.8 Å². The number of carboxylic acids is 2. The monoisotopic (exact) mass is 727 g/mol. The van der Waals surface area contributed by atoms with Gasteiger partial charge in [0.15, 0.2) is 5.96 Å². The highest BCUT2D eigenvalue weighted by Crippen LogP contribution is 2.21. The van der Waals surface area contributed by atoms with E-state index >= 15 is 0 Å². The third-order valence-electron chi connectivity index (χ3n) is 9.08. The largest absolute Gasteiger partial charge is 0.481 e. The van der Waals surface area contributed by atoms with E-state index in [0.29, 0.717) is 19.3 Å². The maximum atomic E-state index is 14.0. The molecule has 1 fully saturated rings. The van der Waals surface area contributed by atoms with Gasteiger partial charge >= 0.3 is 11.9 Å². The highest BCUT2D eigenvalue weighted by Gasteiger charge is 2.40. The average Bonchev–Trinajstić information content (AvgIpc) is 3.57. The van der Waals surface area contributed by atoms with E-state index < -0.39 is 96.2 Å². The molecule has 1 heterocycles. The molecule has 13 N–H and O–H groups in total. The van der Waals surface area contributed by atoms with Crippen LogP contribution in [-0.2, 0) is 33.6 Å². The molecule has 1 saturated heterocycles. The second-order valence-electron chi connectivity index (χ2n) is 13.0. The van der Waals surface area contributed by atoms with Crippen LogP contribution in [0.2, 0.25) is 0 Å². The maximum absolute atomic E-state index is 14.0. The molecule has 9 atom stereocenters. The molecule has 290 valence electrons. The van der Waals surface area contributed by atoms with Crippen LogP contribution >= 0.6 is 0 Å². The molecule has 1 aliphatic heterocycles. The molecular formula is C32H57N9O10. The third kappa shape index (κ3) is 14.3. The number of aliphatic carboxylic acids is 2. The fraction of sp³-hybridized carbons (Fsp3) is 0.750. The van der Waals surface area contributed by atoms with Gasteiger partial charge in [0.25, 0.3) is 0 Å². The van der Waals surface area contributed by atoms with Crippen LogP contribution < -0.4 is 38.5 Å². The van der Waals surface area contributed by atoms with Gasteiger partial charge in [0.05, 0.1) is 12.1 Å². The molecule has 51 heavy (non-hydrogen) atoms. The van der Waals surface area contributed by atoms with E-state index in [4.69, 9.17) is 17.2 Å². The van der Waals surface area contributed by atoms with E-state index in [-0.39, 0.29) is 50.7 Å². The Morgan fingerprint density at radius 3 is 1.96 bits per heavy atom. The number of likely N-dealkylation sites (tertiary alicyclic amines) is 1. The van der Waals surface area contributed by atoms with Crippen molar-refractivity contribution in [2.45, 2.75) is 128 Å². The molecule has 0 aliphatic carbocycles. The first kappa shape index (κ1) is 44.5. The number of carboxylic acid groups (broad SMARTS) is 2. The summed E-state index contributed by atoms with van der Waals surface area (Å²) in [6, 6.07) is -7.54. The smallest absolute Gasteiger partial charge is 0.326 e. The minimum Gasteiger partial charge on any atom is -0.481 e. The predicted molar refractivity (Wildman–Crippen MR) is 185 cm³/mol. The minimum absolute atomic E-state index is 0.0108. The second kappa shape index (κ2) is 21.6. The average molecular weight is 728 g/mol. The van der Waals surface area contributed by atoms with Crippen molar-refractivity contribution in [2.75, 3.05) is 13.1 Å². The predicted octanol–water partition coefficient (Wildman–Crippen LogP) is -2.28. The highest BCUT2D eigenvalue weighted by atomic mass is 16.4. The summed E-state index contributed by atoms with van der Waals surface area (Å²) in [6.07, 6.45) is -0.452. The number of nitrogens with zero attached hydrogens (tertiary/aromatic N) is 2. The standard InChI is InChI=1S/C32H57N9O10/c1-6-16(3)23(33)28(47)37-19(12-13-22(43)44)26(45)38-20(10-8-14-36-32(34)35)30(49)41-15-9-11-21(41)27(46)40-25(18(5)42)29(48)39-24(31(50)51)17(4)7-2/h16-21,23-25,42H,6-15,33H2,1-5H3,(H,37,47)(H,38,45)(H,39,48)(H,40,46)(H,43,44)(H,50,51)(H4,34,35,36)/t16-,17-,18+,19-,20-,21-,23-,24-,25-/m0/s1. The molecule has 0 aromatic rings. The van der Waals surface area contributed by atoms with Gasteiger partial charge in [-0.15, -0.1) is 0 Å². The summed E-state index contributed by atoms with van der Waals surface area (Å²) in [5.41, 5.74) is 16.8. The molecular weight excluding hydrogens is 670 g/mol. The summed E-state index contributed by atoms with van der Waals surface area (Å²) in [4.78, 5) is 95.2. The van der Waals surface area contributed by atoms with Crippen molar-refractivity contribution in [2.24, 2.45) is 34.0 Å². The zero-order chi connectivity index (χ0) is 39.0. The Balaban J connectivity index is 3.30. The van der Waals surface area contributed by atoms with Crippen LogP contribution in [0, 0.1) is 11.8 Å². The molecule has 0 unspecified atom stereocenters. The van der Waals surface area contributed by atoms with Crippen molar-refractivity contribution >= 4 is 47.4 Å². The number of amides is 5. The Morgan fingerprint density at radius 2 is 1.43 bits per heavy atom. The number of aliphatic hydroxyl groups excluding tert-OH is 1. The lowest BCUT2D eigenvalue weighted by atomic mass is 9.98. The Morgan fingerprint density at radius 1 is 0.824 bits per heavy atom. The number of aliphatic hydroxyl groups is 1. The van der Waals surface area contributed by atoms with E-state index in [1.807, 2.05) is 6.92 Å². The molecule has 0 spiro atoms. The fourth-order valence-corrected chi connectivity index (χ4v) is 5.43. The zero-order valence-corrected chi connectivity index (χ0v) is 30.1. The maximum Gasteiger partial charge on any atom is 0.326 e. The number of rotatable bonds is 22. The van der Waals surface area contributed by atoms with Crippen LogP contribution in [0.25, 0.3) is 0 Å². The van der Waals surface area contributed by atoms with Crippen LogP contribution in [-0.4, -0.2) is 123 Å². The van der Waals surface area contributed by atoms with Crippen LogP contribution in [0.1, 0.15) is 86.0 Å². The molecule has 0 radical (unpaired) electrons. The molecule has 0 aromatic carbocycles. The van der Waals surface area contributed by atoms with Crippen LogP contribution in [0.4, 0.5) is 0 Å². The van der Waals surface area contributed by atoms with Crippen molar-refractivity contribution in [1.29, 1.82) is 0 Å². The first-order valence-corrected chi connectivity index (χ1v) is 17.3. The lowest BCUT2D eigenvalue weighted by molar-refractivity contribution is -0.145. The van der Waals surface area contributed by atoms with Crippen molar-refractivity contribution in [3.8, 4) is 0 Å². The van der Waals surface area contributed by atoms with Crippen molar-refractivity contribution in [1.82, 2.24) is 26.2 Å². The van der Waals surface area contributed by atoms with E-state index in [2.05, 4.69) is 26.3 Å². The van der Waals surface area contributed by atoms with E-state index in [1.54, 1.807) is 20.8 Å². The van der Waals surface area contributed by atoms with Crippen LogP contribution in [0.15, 0.2) is 4.99 Å². The van der Waals surface area contributed by atoms with Crippen molar-refractivity contribution < 1.29 is 48.9 Å². The lowest BCUT2D eigenvalue weighted by Crippen LogP contribution is -2.61. The number of hydrogen-bond acceptors (Lipinski definition) is 10. The third-order valence-corrected chi connectivity index (χ3v) is 9.08. The fourth-order valence-electron chi connectivity index (χ4n) is 5.43. The summed E-state index contributed by atoms with van der Waals surface area (Å²) in [7, 11) is 0. The summed E-state index contributed by atoms with van der Waals surface area (Å²) < 4.78 is 0. The summed E-state index contributed by atoms with van der Waals surface area (Å²) in [5.74, 6) is -7.28. The number of guanidine groups is 1. The Hall–Kier alpha value is -4.52. The van der Waals surface area contributed by atoms with Gasteiger partial charge < -0.3 is 58.7 Å². The molecule has 19 heteroatoms. The van der Waals surface area contributed by atoms with Crippen LogP contribution in [0.5, 0.6) is 0 Å². The summed E-state index contributed by atoms with van der Waals surface area (Å²) >= 11 is 0. The quantitative estimate of drug-likeness (QED) is 0.0320. The Bertz CT molecular complexity index is 1260. The first-order chi connectivity index (χ1) is 23.9. The van der Waals surface area contributed by atoms with Gasteiger partial charge in [0.2, 0.25) is 29.5 Å². The summed E-state index contributed by atoms with van der Waals surface area (Å²) in [6.45, 7) is 8.40. The molecule has 1 aliphatic rings. The van der Waals surface area contributed by atoms with Crippen molar-refractivity contribution in [3.63, 3.8) is 0 Å². The molecule has 1 rings (SSSR count). The molecule has 5 amide bonds. The molecule has 0 saturated carbocycles. The molecule has 0 bridgehead atoms. The zero-order valence-electron chi connectivity index (χ0n) is 30.1. The summed E-state index contributed by atoms with van der Waals surface area (Å²) in [5, 5.41) is 39.1. The van der Waals surface area contributed by atoms with Gasteiger partial charge in [-0.05, 0) is 50.9 Å². The normalized spacial score (nSPS) is 18.8. The number of hydrogen-bond donors (Lipinski definition) is 10. The number of carbonyl (C=O) groups is 7. The SMILES string of the molecule is CC[C@H](C)[C@H](N)C(=O)N[C@@H](CCC(=O)O)C(=O)N[C@@H](CCCN=C(N)N)C(=O)N1CCC[C@H]1C(=O)N[C@H](C(=O)N[C@H](C(=O)O)[C@@H](C)CC)[C@@H](C)O. The second-order valence-corrected chi connectivity index (χ2v) is 13.0. The van der Waals surface area contributed by atoms with Gasteiger partial charge in [0.1, 0.15) is 30.2 Å². The number of nitrogens with one attached hydrogen (secondary N) is 4. The van der Waals surface area contributed by atoms with Gasteiger partial charge in [-0.25, -0.2) is 4.79 Å². The van der Waals surface area contributed by atoms with Gasteiger partial charge in [0, 0.05) is 19.5 Å². The van der Waals surface area contributed by atoms with Gasteiger partial charge in [-0.3, -0.25) is 33.8 Å². The van der Waals surface area contributed by atoms with E-state index in [9.17, 15) is 48.9 Å². The first-order valence-electron chi connectivity index (χ1n) is 17.3. The lowest BCUT2D eigenvalue weighted by Gasteiger charge is -2.31. The number of nitrogens with two attached hydrogens (primary N) is 3. The highest BCUT2D eigenvalue weighted by molar-refractivity contribution is 5.97. The minimum atomic E-state index is -1.54. The van der Waals surface area contributed by atoms with Gasteiger partial charge in [-0.1, -0.05) is 40.5 Å². The van der Waals surface area contributed by atoms with Gasteiger partial charge in [-0.2, -0.15) is 0 Å².